The monoisotopic (exact) mass is 293 g/mol. The van der Waals surface area contributed by atoms with E-state index in [1.54, 1.807) is 6.26 Å². The molecule has 0 aromatic heterocycles. The molecule has 1 N–H and O–H groups in total. The first kappa shape index (κ1) is 16.2. The van der Waals surface area contributed by atoms with Gasteiger partial charge in [0.05, 0.1) is 5.56 Å². The average molecular weight is 293 g/mol. The fourth-order valence-electron chi connectivity index (χ4n) is 1.54. The molecule has 0 saturated carbocycles. The van der Waals surface area contributed by atoms with Crippen molar-refractivity contribution in [2.75, 3.05) is 12.8 Å². The standard InChI is InChI=1S/C13H18F3NOS/c1-9(19(3)18)8-17-10(2)11-4-6-12(7-5-11)13(14,15)16/h4-7,9-10,17H,8H2,1-3H3. The first-order valence-electron chi connectivity index (χ1n) is 5.94. The van der Waals surface area contributed by atoms with Gasteiger partial charge < -0.3 is 5.32 Å². The largest absolute Gasteiger partial charge is 0.416 e. The highest BCUT2D eigenvalue weighted by atomic mass is 32.2. The molecule has 0 aliphatic carbocycles. The van der Waals surface area contributed by atoms with Gasteiger partial charge in [-0.1, -0.05) is 12.1 Å². The third kappa shape index (κ3) is 4.95. The second-order valence-corrected chi connectivity index (χ2v) is 6.36. The molecule has 0 radical (unpaired) electrons. The molecule has 1 rings (SSSR count). The Bertz CT molecular complexity index is 431. The minimum atomic E-state index is -4.30. The van der Waals surface area contributed by atoms with Crippen LogP contribution in [0.25, 0.3) is 0 Å². The van der Waals surface area contributed by atoms with Crippen molar-refractivity contribution in [2.45, 2.75) is 31.3 Å². The molecule has 0 saturated heterocycles. The molecule has 2 nitrogen and oxygen atoms in total. The van der Waals surface area contributed by atoms with Gasteiger partial charge in [-0.05, 0) is 31.5 Å². The third-order valence-corrected chi connectivity index (χ3v) is 4.32. The highest BCUT2D eigenvalue weighted by molar-refractivity contribution is 7.84. The fraction of sp³-hybridized carbons (Fsp3) is 0.538. The van der Waals surface area contributed by atoms with Crippen molar-refractivity contribution in [2.24, 2.45) is 0 Å². The summed E-state index contributed by atoms with van der Waals surface area (Å²) in [6.45, 7) is 4.29. The molecule has 0 heterocycles. The predicted octanol–water partition coefficient (Wildman–Crippen LogP) is 3.12. The lowest BCUT2D eigenvalue weighted by Crippen LogP contribution is -2.29. The van der Waals surface area contributed by atoms with Crippen molar-refractivity contribution < 1.29 is 17.4 Å². The van der Waals surface area contributed by atoms with Gasteiger partial charge in [0.25, 0.3) is 0 Å². The number of benzene rings is 1. The van der Waals surface area contributed by atoms with Gasteiger partial charge >= 0.3 is 6.18 Å². The molecular formula is C13H18F3NOS. The molecular weight excluding hydrogens is 275 g/mol. The van der Waals surface area contributed by atoms with Crippen LogP contribution in [-0.2, 0) is 17.0 Å². The van der Waals surface area contributed by atoms with Crippen LogP contribution in [0.5, 0.6) is 0 Å². The number of hydrogen-bond donors (Lipinski definition) is 1. The van der Waals surface area contributed by atoms with Crippen molar-refractivity contribution >= 4 is 10.8 Å². The van der Waals surface area contributed by atoms with Crippen molar-refractivity contribution in [3.8, 4) is 0 Å². The van der Waals surface area contributed by atoms with Gasteiger partial charge in [-0.25, -0.2) is 0 Å². The quantitative estimate of drug-likeness (QED) is 0.903. The van der Waals surface area contributed by atoms with E-state index in [0.29, 0.717) is 6.54 Å². The number of rotatable bonds is 5. The van der Waals surface area contributed by atoms with E-state index in [1.807, 2.05) is 13.8 Å². The maximum absolute atomic E-state index is 12.4. The van der Waals surface area contributed by atoms with Gasteiger partial charge in [-0.2, -0.15) is 13.2 Å². The Balaban J connectivity index is 2.63. The summed E-state index contributed by atoms with van der Waals surface area (Å²) in [4.78, 5) is 0. The number of hydrogen-bond acceptors (Lipinski definition) is 2. The van der Waals surface area contributed by atoms with Crippen molar-refractivity contribution in [1.82, 2.24) is 5.32 Å². The lowest BCUT2D eigenvalue weighted by molar-refractivity contribution is -0.137. The Morgan fingerprint density at radius 2 is 1.74 bits per heavy atom. The van der Waals surface area contributed by atoms with E-state index in [9.17, 15) is 17.4 Å². The van der Waals surface area contributed by atoms with E-state index in [1.165, 1.54) is 12.1 Å². The molecule has 0 aliphatic rings. The topological polar surface area (TPSA) is 29.1 Å². The van der Waals surface area contributed by atoms with Gasteiger partial charge in [0.15, 0.2) is 0 Å². The van der Waals surface area contributed by atoms with Crippen LogP contribution in [0.4, 0.5) is 13.2 Å². The molecule has 0 spiro atoms. The summed E-state index contributed by atoms with van der Waals surface area (Å²) in [5.74, 6) is 0. The Kier molecular flexibility index (Phi) is 5.55. The van der Waals surface area contributed by atoms with Crippen LogP contribution in [-0.4, -0.2) is 22.3 Å². The van der Waals surface area contributed by atoms with Gasteiger partial charge in [-0.15, -0.1) is 0 Å². The normalized spacial score (nSPS) is 16.9. The van der Waals surface area contributed by atoms with Crippen LogP contribution in [0.3, 0.4) is 0 Å². The summed E-state index contributed by atoms with van der Waals surface area (Å²) < 4.78 is 48.4. The second kappa shape index (κ2) is 6.52. The molecule has 3 unspecified atom stereocenters. The van der Waals surface area contributed by atoms with E-state index < -0.39 is 22.5 Å². The highest BCUT2D eigenvalue weighted by Gasteiger charge is 2.30. The van der Waals surface area contributed by atoms with E-state index in [4.69, 9.17) is 0 Å². The minimum Gasteiger partial charge on any atom is -0.309 e. The van der Waals surface area contributed by atoms with Crippen molar-refractivity contribution in [3.05, 3.63) is 35.4 Å². The molecule has 1 aromatic carbocycles. The maximum atomic E-state index is 12.4. The van der Waals surface area contributed by atoms with Gasteiger partial charge in [0, 0.05) is 34.9 Å². The smallest absolute Gasteiger partial charge is 0.309 e. The highest BCUT2D eigenvalue weighted by Crippen LogP contribution is 2.29. The summed E-state index contributed by atoms with van der Waals surface area (Å²) in [6, 6.07) is 5.01. The van der Waals surface area contributed by atoms with Crippen LogP contribution in [0, 0.1) is 0 Å². The molecule has 0 fully saturated rings. The molecule has 0 amide bonds. The van der Waals surface area contributed by atoms with Gasteiger partial charge in [-0.3, -0.25) is 4.21 Å². The minimum absolute atomic E-state index is 0.0110. The van der Waals surface area contributed by atoms with Crippen LogP contribution >= 0.6 is 0 Å². The Morgan fingerprint density at radius 1 is 1.21 bits per heavy atom. The lowest BCUT2D eigenvalue weighted by Gasteiger charge is -2.17. The Labute approximate surface area is 113 Å². The lowest BCUT2D eigenvalue weighted by atomic mass is 10.1. The molecule has 0 bridgehead atoms. The van der Waals surface area contributed by atoms with Crippen LogP contribution < -0.4 is 5.32 Å². The zero-order valence-corrected chi connectivity index (χ0v) is 11.9. The molecule has 108 valence electrons. The zero-order chi connectivity index (χ0) is 14.6. The zero-order valence-electron chi connectivity index (χ0n) is 11.1. The third-order valence-electron chi connectivity index (χ3n) is 3.02. The summed E-state index contributed by atoms with van der Waals surface area (Å²) in [5, 5.41) is 3.17. The Morgan fingerprint density at radius 3 is 2.16 bits per heavy atom. The van der Waals surface area contributed by atoms with Crippen LogP contribution in [0.15, 0.2) is 24.3 Å². The number of halogens is 3. The summed E-state index contributed by atoms with van der Waals surface area (Å²) in [5.41, 5.74) is 0.133. The molecule has 3 atom stereocenters. The molecule has 6 heteroatoms. The van der Waals surface area contributed by atoms with E-state index in [-0.39, 0.29) is 11.3 Å². The molecule has 19 heavy (non-hydrogen) atoms. The molecule has 0 aliphatic heterocycles. The number of alkyl halides is 3. The average Bonchev–Trinajstić information content (AvgIpc) is 2.34. The van der Waals surface area contributed by atoms with E-state index in [2.05, 4.69) is 5.32 Å². The Hall–Kier alpha value is -0.880. The second-order valence-electron chi connectivity index (χ2n) is 4.56. The summed E-state index contributed by atoms with van der Waals surface area (Å²) in [6.07, 6.45) is -2.67. The van der Waals surface area contributed by atoms with Gasteiger partial charge in [0.2, 0.25) is 0 Å². The summed E-state index contributed by atoms with van der Waals surface area (Å²) in [7, 11) is -0.910. The first-order valence-corrected chi connectivity index (χ1v) is 7.56. The van der Waals surface area contributed by atoms with E-state index in [0.717, 1.165) is 17.7 Å². The first-order chi connectivity index (χ1) is 8.71. The number of nitrogens with one attached hydrogen (secondary N) is 1. The fourth-order valence-corrected chi connectivity index (χ4v) is 1.87. The predicted molar refractivity (Wildman–Crippen MR) is 71.4 cm³/mol. The van der Waals surface area contributed by atoms with Gasteiger partial charge in [0.1, 0.15) is 0 Å². The van der Waals surface area contributed by atoms with Crippen LogP contribution in [0.1, 0.15) is 31.0 Å². The summed E-state index contributed by atoms with van der Waals surface area (Å²) >= 11 is 0. The molecule has 1 aromatic rings. The van der Waals surface area contributed by atoms with Crippen molar-refractivity contribution in [1.29, 1.82) is 0 Å². The van der Waals surface area contributed by atoms with Crippen molar-refractivity contribution in [3.63, 3.8) is 0 Å². The van der Waals surface area contributed by atoms with E-state index >= 15 is 0 Å². The van der Waals surface area contributed by atoms with Crippen LogP contribution in [0.2, 0.25) is 0 Å². The SMILES string of the molecule is CC(NCC(C)S(C)=O)c1ccc(C(F)(F)F)cc1. The maximum Gasteiger partial charge on any atom is 0.416 e.